The Balaban J connectivity index is 2.51. The summed E-state index contributed by atoms with van der Waals surface area (Å²) in [7, 11) is -0.631. The summed E-state index contributed by atoms with van der Waals surface area (Å²) in [6.45, 7) is 5.22. The molecule has 0 saturated carbocycles. The molecule has 1 amide bonds. The monoisotopic (exact) mass is 378 g/mol. The van der Waals surface area contributed by atoms with Gasteiger partial charge >= 0.3 is 6.09 Å². The van der Waals surface area contributed by atoms with Gasteiger partial charge in [0.15, 0.2) is 0 Å². The van der Waals surface area contributed by atoms with Gasteiger partial charge in [-0.3, -0.25) is 10.3 Å². The summed E-state index contributed by atoms with van der Waals surface area (Å²) in [6, 6.07) is 4.57. The molecular weight excluding hydrogens is 356 g/mol. The van der Waals surface area contributed by atoms with Gasteiger partial charge in [0.1, 0.15) is 11.9 Å². The van der Waals surface area contributed by atoms with E-state index in [2.05, 4.69) is 14.7 Å². The van der Waals surface area contributed by atoms with Crippen LogP contribution in [0.2, 0.25) is 0 Å². The molecule has 1 heterocycles. The fourth-order valence-corrected chi connectivity index (χ4v) is 3.26. The molecule has 2 rings (SSSR count). The molecule has 9 heteroatoms. The van der Waals surface area contributed by atoms with Crippen molar-refractivity contribution in [2.24, 2.45) is 4.40 Å². The predicted molar refractivity (Wildman–Crippen MR) is 101 cm³/mol. The Morgan fingerprint density at radius 3 is 2.62 bits per heavy atom. The van der Waals surface area contributed by atoms with Gasteiger partial charge in [-0.05, 0) is 39.0 Å². The SMILES string of the molecule is CN(C)C=NS(=O)(=O)c1cc(NC(=O)OC(C)(C)C)cc2cnccc12. The standard InChI is InChI=1S/C17H22N4O4S/c1-17(2,3)25-16(22)20-13-8-12-10-18-7-6-14(12)15(9-13)26(23,24)19-11-21(4)5/h6-11H,1-5H3,(H,20,22). The zero-order chi connectivity index (χ0) is 19.5. The summed E-state index contributed by atoms with van der Waals surface area (Å²) in [4.78, 5) is 17.5. The van der Waals surface area contributed by atoms with Gasteiger partial charge in [0, 0.05) is 42.9 Å². The lowest BCUT2D eigenvalue weighted by Gasteiger charge is -2.20. The largest absolute Gasteiger partial charge is 0.444 e. The molecule has 0 bridgehead atoms. The molecule has 0 aliphatic heterocycles. The zero-order valence-electron chi connectivity index (χ0n) is 15.3. The maximum Gasteiger partial charge on any atom is 0.412 e. The zero-order valence-corrected chi connectivity index (χ0v) is 16.2. The Hall–Kier alpha value is -2.68. The van der Waals surface area contributed by atoms with Crippen LogP contribution in [0.1, 0.15) is 20.8 Å². The number of pyridine rings is 1. The minimum Gasteiger partial charge on any atom is -0.444 e. The maximum absolute atomic E-state index is 12.6. The van der Waals surface area contributed by atoms with Crippen LogP contribution < -0.4 is 5.32 Å². The second-order valence-electron chi connectivity index (χ2n) is 6.86. The van der Waals surface area contributed by atoms with E-state index in [1.165, 1.54) is 29.7 Å². The number of amides is 1. The van der Waals surface area contributed by atoms with Crippen molar-refractivity contribution in [3.05, 3.63) is 30.6 Å². The van der Waals surface area contributed by atoms with Crippen molar-refractivity contribution in [3.63, 3.8) is 0 Å². The first-order valence-electron chi connectivity index (χ1n) is 7.83. The van der Waals surface area contributed by atoms with Gasteiger partial charge in [-0.25, -0.2) is 4.79 Å². The average Bonchev–Trinajstić information content (AvgIpc) is 2.50. The second-order valence-corrected chi connectivity index (χ2v) is 8.46. The van der Waals surface area contributed by atoms with Crippen molar-refractivity contribution >= 4 is 38.9 Å². The lowest BCUT2D eigenvalue weighted by Crippen LogP contribution is -2.27. The molecule has 26 heavy (non-hydrogen) atoms. The molecule has 2 aromatic rings. The lowest BCUT2D eigenvalue weighted by atomic mass is 10.1. The number of sulfonamides is 1. The van der Waals surface area contributed by atoms with E-state index in [0.29, 0.717) is 10.8 Å². The van der Waals surface area contributed by atoms with E-state index in [0.717, 1.165) is 0 Å². The van der Waals surface area contributed by atoms with Crippen molar-refractivity contribution < 1.29 is 17.9 Å². The number of hydrogen-bond donors (Lipinski definition) is 1. The van der Waals surface area contributed by atoms with E-state index in [4.69, 9.17) is 4.74 Å². The van der Waals surface area contributed by atoms with Gasteiger partial charge in [-0.2, -0.15) is 8.42 Å². The first-order valence-corrected chi connectivity index (χ1v) is 9.27. The Kier molecular flexibility index (Phi) is 5.50. The van der Waals surface area contributed by atoms with Crippen LogP contribution in [0.15, 0.2) is 39.9 Å². The molecule has 140 valence electrons. The third-order valence-corrected chi connectivity index (χ3v) is 4.32. The van der Waals surface area contributed by atoms with Crippen molar-refractivity contribution in [1.82, 2.24) is 9.88 Å². The normalized spacial score (nSPS) is 12.3. The molecule has 1 aromatic carbocycles. The number of ether oxygens (including phenoxy) is 1. The number of carbonyl (C=O) groups excluding carboxylic acids is 1. The van der Waals surface area contributed by atoms with Gasteiger partial charge in [0.05, 0.1) is 4.90 Å². The Morgan fingerprint density at radius 2 is 2.00 bits per heavy atom. The van der Waals surface area contributed by atoms with Crippen LogP contribution in [0.3, 0.4) is 0 Å². The molecule has 8 nitrogen and oxygen atoms in total. The number of aromatic nitrogens is 1. The minimum absolute atomic E-state index is 0.0263. The summed E-state index contributed by atoms with van der Waals surface area (Å²) in [5, 5.41) is 3.57. The summed E-state index contributed by atoms with van der Waals surface area (Å²) in [5.41, 5.74) is -0.397. The molecule has 0 atom stereocenters. The molecule has 1 N–H and O–H groups in total. The van der Waals surface area contributed by atoms with E-state index in [9.17, 15) is 13.2 Å². The fourth-order valence-electron chi connectivity index (χ4n) is 2.09. The van der Waals surface area contributed by atoms with Crippen LogP contribution in [-0.4, -0.2) is 50.4 Å². The van der Waals surface area contributed by atoms with Crippen LogP contribution in [0, 0.1) is 0 Å². The highest BCUT2D eigenvalue weighted by Gasteiger charge is 2.20. The van der Waals surface area contributed by atoms with Gasteiger partial charge in [-0.15, -0.1) is 4.40 Å². The fraction of sp³-hybridized carbons (Fsp3) is 0.353. The minimum atomic E-state index is -3.97. The van der Waals surface area contributed by atoms with E-state index in [1.807, 2.05) is 0 Å². The third-order valence-electron chi connectivity index (χ3n) is 3.05. The number of nitrogens with zero attached hydrogens (tertiary/aromatic N) is 3. The average molecular weight is 378 g/mol. The number of fused-ring (bicyclic) bond motifs is 1. The molecule has 0 unspecified atom stereocenters. The van der Waals surface area contributed by atoms with Crippen LogP contribution in [-0.2, 0) is 14.8 Å². The number of benzene rings is 1. The second kappa shape index (κ2) is 7.28. The van der Waals surface area contributed by atoms with E-state index in [-0.39, 0.29) is 10.6 Å². The van der Waals surface area contributed by atoms with Crippen LogP contribution in [0.5, 0.6) is 0 Å². The topological polar surface area (TPSA) is 101 Å². The van der Waals surface area contributed by atoms with Crippen LogP contribution in [0.4, 0.5) is 10.5 Å². The van der Waals surface area contributed by atoms with Crippen molar-refractivity contribution in [2.75, 3.05) is 19.4 Å². The highest BCUT2D eigenvalue weighted by molar-refractivity contribution is 7.90. The molecule has 1 aromatic heterocycles. The third kappa shape index (κ3) is 5.16. The smallest absolute Gasteiger partial charge is 0.412 e. The van der Waals surface area contributed by atoms with Crippen LogP contribution in [0.25, 0.3) is 10.8 Å². The van der Waals surface area contributed by atoms with Gasteiger partial charge in [0.25, 0.3) is 10.0 Å². The first kappa shape index (κ1) is 19.6. The number of anilines is 1. The maximum atomic E-state index is 12.6. The first-order chi connectivity index (χ1) is 12.0. The Morgan fingerprint density at radius 1 is 1.31 bits per heavy atom. The van der Waals surface area contributed by atoms with Crippen molar-refractivity contribution in [1.29, 1.82) is 0 Å². The van der Waals surface area contributed by atoms with Gasteiger partial charge in [-0.1, -0.05) is 0 Å². The van der Waals surface area contributed by atoms with E-state index < -0.39 is 21.7 Å². The number of hydrogen-bond acceptors (Lipinski definition) is 5. The molecule has 0 spiro atoms. The summed E-state index contributed by atoms with van der Waals surface area (Å²) in [6.07, 6.45) is 3.54. The lowest BCUT2D eigenvalue weighted by molar-refractivity contribution is 0.0636. The predicted octanol–water partition coefficient (Wildman–Crippen LogP) is 2.86. The number of rotatable bonds is 4. The van der Waals surface area contributed by atoms with Crippen molar-refractivity contribution in [2.45, 2.75) is 31.3 Å². The number of nitrogens with one attached hydrogen (secondary N) is 1. The molecular formula is C17H22N4O4S. The Labute approximate surface area is 152 Å². The van der Waals surface area contributed by atoms with E-state index in [1.54, 1.807) is 47.0 Å². The highest BCUT2D eigenvalue weighted by atomic mass is 32.2. The molecule has 0 saturated heterocycles. The van der Waals surface area contributed by atoms with Crippen molar-refractivity contribution in [3.8, 4) is 0 Å². The van der Waals surface area contributed by atoms with Gasteiger partial charge in [0.2, 0.25) is 0 Å². The molecule has 0 aliphatic carbocycles. The van der Waals surface area contributed by atoms with E-state index >= 15 is 0 Å². The van der Waals surface area contributed by atoms with Gasteiger partial charge < -0.3 is 9.64 Å². The molecule has 0 radical (unpaired) electrons. The summed E-state index contributed by atoms with van der Waals surface area (Å²) >= 11 is 0. The quantitative estimate of drug-likeness (QED) is 0.648. The number of carbonyl (C=O) groups is 1. The van der Waals surface area contributed by atoms with Crippen LogP contribution >= 0.6 is 0 Å². The Bertz CT molecular complexity index is 947. The summed E-state index contributed by atoms with van der Waals surface area (Å²) in [5.74, 6) is 0. The molecule has 0 fully saturated rings. The molecule has 0 aliphatic rings. The summed E-state index contributed by atoms with van der Waals surface area (Å²) < 4.78 is 34.1. The highest BCUT2D eigenvalue weighted by Crippen LogP contribution is 2.28.